The van der Waals surface area contributed by atoms with Crippen LogP contribution in [0.2, 0.25) is 0 Å². The van der Waals surface area contributed by atoms with Crippen LogP contribution < -0.4 is 9.64 Å². The highest BCUT2D eigenvalue weighted by atomic mass is 19.1. The van der Waals surface area contributed by atoms with Crippen molar-refractivity contribution < 1.29 is 28.3 Å². The van der Waals surface area contributed by atoms with Crippen LogP contribution in [0.1, 0.15) is 29.9 Å². The number of amides is 1. The fraction of sp³-hybridized carbons (Fsp3) is 0.174. The molecule has 8 heteroatoms. The number of aryl methyl sites for hydroxylation is 1. The van der Waals surface area contributed by atoms with Gasteiger partial charge >= 0.3 is 5.91 Å². The van der Waals surface area contributed by atoms with E-state index in [1.54, 1.807) is 31.2 Å². The molecule has 2 heterocycles. The van der Waals surface area contributed by atoms with Crippen LogP contribution in [0.5, 0.6) is 5.75 Å². The molecule has 1 fully saturated rings. The molecule has 0 unspecified atom stereocenters. The minimum atomic E-state index is -1.00. The molecular weight excluding hydrogens is 403 g/mol. The Morgan fingerprint density at radius 1 is 1.16 bits per heavy atom. The number of Topliss-reactive ketones (excluding diaryl/α,β-unsaturated/α-hetero) is 1. The highest BCUT2D eigenvalue weighted by Crippen LogP contribution is 2.42. The molecule has 31 heavy (non-hydrogen) atoms. The second-order valence-electron chi connectivity index (χ2n) is 6.97. The minimum Gasteiger partial charge on any atom is -0.507 e. The van der Waals surface area contributed by atoms with E-state index in [0.717, 1.165) is 4.90 Å². The third kappa shape index (κ3) is 3.68. The number of halogens is 1. The second-order valence-corrected chi connectivity index (χ2v) is 6.97. The maximum absolute atomic E-state index is 13.5. The van der Waals surface area contributed by atoms with Crippen molar-refractivity contribution in [3.05, 3.63) is 82.9 Å². The zero-order valence-electron chi connectivity index (χ0n) is 16.8. The number of aromatic nitrogens is 1. The summed E-state index contributed by atoms with van der Waals surface area (Å²) in [6.07, 6.45) is 0. The minimum absolute atomic E-state index is 0.124. The van der Waals surface area contributed by atoms with E-state index in [4.69, 9.17) is 9.26 Å². The predicted octanol–water partition coefficient (Wildman–Crippen LogP) is 4.15. The number of carbonyl (C=O) groups excluding carboxylic acids is 2. The van der Waals surface area contributed by atoms with Gasteiger partial charge in [-0.2, -0.15) is 0 Å². The Morgan fingerprint density at radius 2 is 1.84 bits per heavy atom. The van der Waals surface area contributed by atoms with Crippen LogP contribution >= 0.6 is 0 Å². The number of ether oxygens (including phenoxy) is 1. The summed E-state index contributed by atoms with van der Waals surface area (Å²) in [5, 5.41) is 14.9. The largest absolute Gasteiger partial charge is 0.507 e. The van der Waals surface area contributed by atoms with E-state index in [0.29, 0.717) is 29.2 Å². The predicted molar refractivity (Wildman–Crippen MR) is 110 cm³/mol. The summed E-state index contributed by atoms with van der Waals surface area (Å²) in [6, 6.07) is 12.4. The third-order valence-corrected chi connectivity index (χ3v) is 4.93. The molecule has 1 atom stereocenters. The lowest BCUT2D eigenvalue weighted by Gasteiger charge is -2.22. The van der Waals surface area contributed by atoms with Gasteiger partial charge in [0.15, 0.2) is 5.82 Å². The van der Waals surface area contributed by atoms with Crippen LogP contribution in [0.15, 0.2) is 64.7 Å². The molecule has 1 aromatic heterocycles. The van der Waals surface area contributed by atoms with Crippen molar-refractivity contribution in [1.82, 2.24) is 5.16 Å². The molecule has 1 amide bonds. The van der Waals surface area contributed by atoms with Gasteiger partial charge in [-0.3, -0.25) is 14.5 Å². The first-order chi connectivity index (χ1) is 14.9. The van der Waals surface area contributed by atoms with Gasteiger partial charge < -0.3 is 14.4 Å². The average molecular weight is 422 g/mol. The van der Waals surface area contributed by atoms with Crippen molar-refractivity contribution in [2.75, 3.05) is 11.5 Å². The van der Waals surface area contributed by atoms with E-state index in [2.05, 4.69) is 5.16 Å². The SMILES string of the molecule is CCOc1ccc(/C(O)=C2\C(=O)C(=O)N(c3cc(C)on3)[C@@H]2c2ccc(F)cc2)cc1. The Bertz CT molecular complexity index is 1170. The molecule has 1 aliphatic heterocycles. The Balaban J connectivity index is 1.87. The number of hydrogen-bond acceptors (Lipinski definition) is 6. The summed E-state index contributed by atoms with van der Waals surface area (Å²) in [6.45, 7) is 3.99. The first kappa shape index (κ1) is 20.3. The van der Waals surface area contributed by atoms with Gasteiger partial charge in [-0.15, -0.1) is 0 Å². The van der Waals surface area contributed by atoms with E-state index >= 15 is 0 Å². The number of aliphatic hydroxyl groups is 1. The Kier molecular flexibility index (Phi) is 5.29. The second kappa shape index (κ2) is 8.06. The van der Waals surface area contributed by atoms with Crippen LogP contribution in [0, 0.1) is 12.7 Å². The van der Waals surface area contributed by atoms with E-state index in [-0.39, 0.29) is 17.2 Å². The molecule has 0 radical (unpaired) electrons. The lowest BCUT2D eigenvalue weighted by molar-refractivity contribution is -0.132. The van der Waals surface area contributed by atoms with Gasteiger partial charge in [-0.05, 0) is 55.8 Å². The summed E-state index contributed by atoms with van der Waals surface area (Å²) in [5.74, 6) is -1.38. The van der Waals surface area contributed by atoms with Crippen molar-refractivity contribution in [1.29, 1.82) is 0 Å². The Morgan fingerprint density at radius 3 is 2.42 bits per heavy atom. The molecule has 1 N–H and O–H groups in total. The van der Waals surface area contributed by atoms with Crippen molar-refractivity contribution >= 4 is 23.3 Å². The lowest BCUT2D eigenvalue weighted by atomic mass is 9.95. The van der Waals surface area contributed by atoms with E-state index < -0.39 is 23.5 Å². The van der Waals surface area contributed by atoms with Crippen LogP contribution in [-0.4, -0.2) is 28.6 Å². The van der Waals surface area contributed by atoms with Gasteiger partial charge in [0.1, 0.15) is 23.1 Å². The number of aliphatic hydroxyl groups excluding tert-OH is 1. The Labute approximate surface area is 177 Å². The number of nitrogens with zero attached hydrogens (tertiary/aromatic N) is 2. The fourth-order valence-electron chi connectivity index (χ4n) is 3.53. The third-order valence-electron chi connectivity index (χ3n) is 4.93. The van der Waals surface area contributed by atoms with Crippen molar-refractivity contribution in [3.8, 4) is 5.75 Å². The molecule has 0 bridgehead atoms. The summed E-state index contributed by atoms with van der Waals surface area (Å²) in [5.41, 5.74) is 0.653. The van der Waals surface area contributed by atoms with E-state index in [9.17, 15) is 19.1 Å². The molecule has 0 saturated carbocycles. The van der Waals surface area contributed by atoms with Gasteiger partial charge in [-0.1, -0.05) is 17.3 Å². The molecule has 158 valence electrons. The molecule has 7 nitrogen and oxygen atoms in total. The first-order valence-corrected chi connectivity index (χ1v) is 9.63. The lowest BCUT2D eigenvalue weighted by Crippen LogP contribution is -2.29. The van der Waals surface area contributed by atoms with Crippen LogP contribution in [0.3, 0.4) is 0 Å². The topological polar surface area (TPSA) is 92.9 Å². The first-order valence-electron chi connectivity index (χ1n) is 9.63. The smallest absolute Gasteiger partial charge is 0.301 e. The standard InChI is InChI=1S/C23H19FN2O5/c1-3-30-17-10-6-15(7-11-17)21(27)19-20(14-4-8-16(24)9-5-14)26(23(29)22(19)28)18-12-13(2)31-25-18/h4-12,20,27H,3H2,1-2H3/b21-19+/t20-/m1/s1. The molecule has 1 saturated heterocycles. The molecule has 0 aliphatic carbocycles. The number of rotatable bonds is 5. The van der Waals surface area contributed by atoms with Crippen molar-refractivity contribution in [2.45, 2.75) is 19.9 Å². The highest BCUT2D eigenvalue weighted by molar-refractivity contribution is 6.51. The molecule has 3 aromatic rings. The van der Waals surface area contributed by atoms with Crippen LogP contribution in [-0.2, 0) is 9.59 Å². The van der Waals surface area contributed by atoms with Crippen LogP contribution in [0.25, 0.3) is 5.76 Å². The van der Waals surface area contributed by atoms with Crippen molar-refractivity contribution in [3.63, 3.8) is 0 Å². The van der Waals surface area contributed by atoms with Gasteiger partial charge in [0.25, 0.3) is 5.78 Å². The monoisotopic (exact) mass is 422 g/mol. The number of hydrogen-bond donors (Lipinski definition) is 1. The maximum Gasteiger partial charge on any atom is 0.301 e. The normalized spacial score (nSPS) is 17.9. The molecule has 0 spiro atoms. The van der Waals surface area contributed by atoms with E-state index in [1.165, 1.54) is 30.3 Å². The molecule has 4 rings (SSSR count). The zero-order chi connectivity index (χ0) is 22.1. The summed E-state index contributed by atoms with van der Waals surface area (Å²) in [7, 11) is 0. The number of benzene rings is 2. The summed E-state index contributed by atoms with van der Waals surface area (Å²) < 4.78 is 24.0. The highest BCUT2D eigenvalue weighted by Gasteiger charge is 2.48. The van der Waals surface area contributed by atoms with Gasteiger partial charge in [0.2, 0.25) is 0 Å². The number of anilines is 1. The van der Waals surface area contributed by atoms with Gasteiger partial charge in [0, 0.05) is 11.6 Å². The van der Waals surface area contributed by atoms with Gasteiger partial charge in [-0.25, -0.2) is 4.39 Å². The molecule has 1 aliphatic rings. The van der Waals surface area contributed by atoms with E-state index in [1.807, 2.05) is 6.92 Å². The molecular formula is C23H19FN2O5. The quantitative estimate of drug-likeness (QED) is 0.377. The zero-order valence-corrected chi connectivity index (χ0v) is 16.8. The Hall–Kier alpha value is -3.94. The molecule has 2 aromatic carbocycles. The maximum atomic E-state index is 13.5. The summed E-state index contributed by atoms with van der Waals surface area (Å²) in [4.78, 5) is 27.0. The van der Waals surface area contributed by atoms with Crippen LogP contribution in [0.4, 0.5) is 10.2 Å². The summed E-state index contributed by atoms with van der Waals surface area (Å²) >= 11 is 0. The fourth-order valence-corrected chi connectivity index (χ4v) is 3.53. The number of carbonyl (C=O) groups is 2. The van der Waals surface area contributed by atoms with Crippen molar-refractivity contribution in [2.24, 2.45) is 0 Å². The number of ketones is 1. The van der Waals surface area contributed by atoms with Gasteiger partial charge in [0.05, 0.1) is 18.2 Å². The average Bonchev–Trinajstić information content (AvgIpc) is 3.30.